The minimum Gasteiger partial charge on any atom is -0.469 e. The number of carbonyl (C=O) groups excluding carboxylic acids is 2. The average molecular weight is 244 g/mol. The molecule has 1 aromatic heterocycles. The molecule has 0 saturated carbocycles. The molecule has 5 nitrogen and oxygen atoms in total. The number of nitrogens with zero attached hydrogens (tertiary/aromatic N) is 1. The standard InChI is InChI=1S/C10H10ClNO4/c1-15-9(13)4-6-3-8(11)12-5-7(6)10(14)16-2/h3,5H,4H2,1-2H3. The van der Waals surface area contributed by atoms with E-state index in [-0.39, 0.29) is 17.1 Å². The Bertz CT molecular complexity index is 419. The topological polar surface area (TPSA) is 65.5 Å². The predicted octanol–water partition coefficient (Wildman–Crippen LogP) is 1.24. The van der Waals surface area contributed by atoms with Crippen LogP contribution in [-0.4, -0.2) is 31.1 Å². The monoisotopic (exact) mass is 243 g/mol. The molecule has 0 atom stereocenters. The van der Waals surface area contributed by atoms with Gasteiger partial charge in [0.1, 0.15) is 5.15 Å². The summed E-state index contributed by atoms with van der Waals surface area (Å²) in [6.45, 7) is 0. The van der Waals surface area contributed by atoms with E-state index < -0.39 is 11.9 Å². The first-order chi connectivity index (χ1) is 7.58. The van der Waals surface area contributed by atoms with Crippen LogP contribution in [0.15, 0.2) is 12.3 Å². The molecule has 0 aliphatic heterocycles. The lowest BCUT2D eigenvalue weighted by Gasteiger charge is -2.06. The quantitative estimate of drug-likeness (QED) is 0.590. The van der Waals surface area contributed by atoms with E-state index in [1.807, 2.05) is 0 Å². The number of ether oxygens (including phenoxy) is 2. The van der Waals surface area contributed by atoms with Crippen LogP contribution < -0.4 is 0 Å². The van der Waals surface area contributed by atoms with E-state index >= 15 is 0 Å². The lowest BCUT2D eigenvalue weighted by Crippen LogP contribution is -2.11. The van der Waals surface area contributed by atoms with Crippen LogP contribution in [0.25, 0.3) is 0 Å². The Morgan fingerprint density at radius 1 is 1.38 bits per heavy atom. The van der Waals surface area contributed by atoms with Crippen molar-refractivity contribution in [2.24, 2.45) is 0 Å². The number of carbonyl (C=O) groups is 2. The highest BCUT2D eigenvalue weighted by Crippen LogP contribution is 2.15. The van der Waals surface area contributed by atoms with Crippen molar-refractivity contribution >= 4 is 23.5 Å². The van der Waals surface area contributed by atoms with Crippen molar-refractivity contribution in [1.29, 1.82) is 0 Å². The lowest BCUT2D eigenvalue weighted by atomic mass is 10.1. The van der Waals surface area contributed by atoms with Crippen LogP contribution >= 0.6 is 11.6 Å². The molecule has 0 saturated heterocycles. The summed E-state index contributed by atoms with van der Waals surface area (Å²) in [4.78, 5) is 26.2. The van der Waals surface area contributed by atoms with Gasteiger partial charge in [0.25, 0.3) is 0 Å². The number of hydrogen-bond donors (Lipinski definition) is 0. The van der Waals surface area contributed by atoms with Gasteiger partial charge in [-0.1, -0.05) is 11.6 Å². The third-order valence-electron chi connectivity index (χ3n) is 1.92. The zero-order valence-electron chi connectivity index (χ0n) is 8.82. The first-order valence-corrected chi connectivity index (χ1v) is 4.75. The molecule has 0 N–H and O–H groups in total. The van der Waals surface area contributed by atoms with Crippen LogP contribution in [0, 0.1) is 0 Å². The molecule has 0 radical (unpaired) electrons. The van der Waals surface area contributed by atoms with Gasteiger partial charge in [-0.15, -0.1) is 0 Å². The van der Waals surface area contributed by atoms with Crippen LogP contribution in [0.1, 0.15) is 15.9 Å². The fourth-order valence-electron chi connectivity index (χ4n) is 1.14. The second-order valence-electron chi connectivity index (χ2n) is 2.91. The van der Waals surface area contributed by atoms with Gasteiger partial charge >= 0.3 is 11.9 Å². The van der Waals surface area contributed by atoms with Gasteiger partial charge in [0.05, 0.1) is 26.2 Å². The summed E-state index contributed by atoms with van der Waals surface area (Å²) in [5.74, 6) is -1.03. The minimum absolute atomic E-state index is 0.0524. The summed E-state index contributed by atoms with van der Waals surface area (Å²) in [6, 6.07) is 1.44. The van der Waals surface area contributed by atoms with Crippen LogP contribution in [0.2, 0.25) is 5.15 Å². The maximum Gasteiger partial charge on any atom is 0.339 e. The van der Waals surface area contributed by atoms with Gasteiger partial charge in [-0.05, 0) is 11.6 Å². The molecule has 1 rings (SSSR count). The summed E-state index contributed by atoms with van der Waals surface area (Å²) >= 11 is 5.68. The maximum absolute atomic E-state index is 11.4. The van der Waals surface area contributed by atoms with Gasteiger partial charge in [0.2, 0.25) is 0 Å². The maximum atomic E-state index is 11.4. The highest BCUT2D eigenvalue weighted by molar-refractivity contribution is 6.29. The Morgan fingerprint density at radius 2 is 2.06 bits per heavy atom. The molecular weight excluding hydrogens is 234 g/mol. The van der Waals surface area contributed by atoms with Crippen LogP contribution in [-0.2, 0) is 20.7 Å². The summed E-state index contributed by atoms with van der Waals surface area (Å²) in [6.07, 6.45) is 1.22. The van der Waals surface area contributed by atoms with E-state index in [1.165, 1.54) is 26.5 Å². The van der Waals surface area contributed by atoms with Crippen LogP contribution in [0.3, 0.4) is 0 Å². The molecule has 0 unspecified atom stereocenters. The molecule has 86 valence electrons. The summed E-state index contributed by atoms with van der Waals surface area (Å²) in [5.41, 5.74) is 0.635. The third kappa shape index (κ3) is 2.93. The van der Waals surface area contributed by atoms with Gasteiger partial charge in [-0.3, -0.25) is 4.79 Å². The van der Waals surface area contributed by atoms with Crippen molar-refractivity contribution in [3.63, 3.8) is 0 Å². The Morgan fingerprint density at radius 3 is 2.62 bits per heavy atom. The van der Waals surface area contributed by atoms with E-state index in [0.29, 0.717) is 5.56 Å². The minimum atomic E-state index is -0.567. The van der Waals surface area contributed by atoms with Gasteiger partial charge < -0.3 is 9.47 Å². The molecule has 0 aliphatic carbocycles. The Hall–Kier alpha value is -1.62. The second-order valence-corrected chi connectivity index (χ2v) is 3.30. The number of methoxy groups -OCH3 is 2. The zero-order chi connectivity index (χ0) is 12.1. The number of halogens is 1. The lowest BCUT2D eigenvalue weighted by molar-refractivity contribution is -0.139. The number of hydrogen-bond acceptors (Lipinski definition) is 5. The van der Waals surface area contributed by atoms with Crippen LogP contribution in [0.5, 0.6) is 0 Å². The second kappa shape index (κ2) is 5.46. The molecule has 0 fully saturated rings. The van der Waals surface area contributed by atoms with E-state index in [0.717, 1.165) is 0 Å². The summed E-state index contributed by atoms with van der Waals surface area (Å²) in [5, 5.41) is 0.201. The third-order valence-corrected chi connectivity index (χ3v) is 2.13. The van der Waals surface area contributed by atoms with Crippen molar-refractivity contribution < 1.29 is 19.1 Å². The number of rotatable bonds is 3. The SMILES string of the molecule is COC(=O)Cc1cc(Cl)ncc1C(=O)OC. The van der Waals surface area contributed by atoms with Gasteiger partial charge in [-0.25, -0.2) is 9.78 Å². The number of pyridine rings is 1. The molecule has 0 bridgehead atoms. The Balaban J connectivity index is 3.08. The average Bonchev–Trinajstić information content (AvgIpc) is 2.28. The van der Waals surface area contributed by atoms with Crippen LogP contribution in [0.4, 0.5) is 0 Å². The summed E-state index contributed by atoms with van der Waals surface area (Å²) in [7, 11) is 2.52. The molecule has 0 spiro atoms. The smallest absolute Gasteiger partial charge is 0.339 e. The normalized spacial score (nSPS) is 9.69. The Labute approximate surface area is 97.3 Å². The summed E-state index contributed by atoms with van der Waals surface area (Å²) < 4.78 is 9.07. The first kappa shape index (κ1) is 12.4. The predicted molar refractivity (Wildman–Crippen MR) is 56.3 cm³/mol. The van der Waals surface area contributed by atoms with Gasteiger partial charge in [0.15, 0.2) is 0 Å². The molecule has 1 heterocycles. The van der Waals surface area contributed by atoms with Gasteiger partial charge in [-0.2, -0.15) is 0 Å². The van der Waals surface area contributed by atoms with Crippen molar-refractivity contribution in [3.8, 4) is 0 Å². The zero-order valence-corrected chi connectivity index (χ0v) is 9.58. The van der Waals surface area contributed by atoms with E-state index in [2.05, 4.69) is 14.5 Å². The fraction of sp³-hybridized carbons (Fsp3) is 0.300. The molecule has 16 heavy (non-hydrogen) atoms. The molecule has 0 aliphatic rings. The van der Waals surface area contributed by atoms with Crippen molar-refractivity contribution in [3.05, 3.63) is 28.5 Å². The fourth-order valence-corrected chi connectivity index (χ4v) is 1.32. The van der Waals surface area contributed by atoms with Crippen molar-refractivity contribution in [2.75, 3.05) is 14.2 Å². The first-order valence-electron chi connectivity index (χ1n) is 4.38. The molecule has 0 amide bonds. The largest absolute Gasteiger partial charge is 0.469 e. The molecule has 0 aromatic carbocycles. The van der Waals surface area contributed by atoms with E-state index in [4.69, 9.17) is 11.6 Å². The van der Waals surface area contributed by atoms with E-state index in [1.54, 1.807) is 0 Å². The highest BCUT2D eigenvalue weighted by Gasteiger charge is 2.15. The highest BCUT2D eigenvalue weighted by atomic mass is 35.5. The van der Waals surface area contributed by atoms with Gasteiger partial charge in [0, 0.05) is 6.20 Å². The van der Waals surface area contributed by atoms with Crippen molar-refractivity contribution in [2.45, 2.75) is 6.42 Å². The molecular formula is C10H10ClNO4. The van der Waals surface area contributed by atoms with E-state index in [9.17, 15) is 9.59 Å². The molecule has 6 heteroatoms. The van der Waals surface area contributed by atoms with Crippen molar-refractivity contribution in [1.82, 2.24) is 4.98 Å². The number of aromatic nitrogens is 1. The Kier molecular flexibility index (Phi) is 4.25. The molecule has 1 aromatic rings. The number of esters is 2.